The van der Waals surface area contributed by atoms with Crippen LogP contribution in [0.25, 0.3) is 0 Å². The van der Waals surface area contributed by atoms with Gasteiger partial charge in [0.15, 0.2) is 5.96 Å². The zero-order valence-corrected chi connectivity index (χ0v) is 15.7. The summed E-state index contributed by atoms with van der Waals surface area (Å²) in [6.07, 6.45) is 0. The molecule has 1 unspecified atom stereocenters. The molecular weight excluding hydrogens is 334 g/mol. The fourth-order valence-electron chi connectivity index (χ4n) is 2.33. The summed E-state index contributed by atoms with van der Waals surface area (Å²) >= 11 is 1.36. The van der Waals surface area contributed by atoms with Gasteiger partial charge in [0.2, 0.25) is 0 Å². The van der Waals surface area contributed by atoms with Crippen LogP contribution in [0.5, 0.6) is 0 Å². The van der Waals surface area contributed by atoms with Crippen LogP contribution in [-0.2, 0) is 0 Å². The van der Waals surface area contributed by atoms with E-state index < -0.39 is 0 Å². The molecule has 134 valence electrons. The Kier molecular flexibility index (Phi) is 7.40. The van der Waals surface area contributed by atoms with E-state index in [1.807, 2.05) is 25.1 Å². The Labute approximate surface area is 152 Å². The first-order valence-electron chi connectivity index (χ1n) is 8.29. The van der Waals surface area contributed by atoms with Crippen LogP contribution in [0.3, 0.4) is 0 Å². The molecule has 0 radical (unpaired) electrons. The number of thiazole rings is 1. The number of aliphatic imine (C=N–C) groups is 1. The van der Waals surface area contributed by atoms with E-state index in [4.69, 9.17) is 0 Å². The molecule has 7 heteroatoms. The Morgan fingerprint density at radius 1 is 1.20 bits per heavy atom. The van der Waals surface area contributed by atoms with Crippen molar-refractivity contribution in [1.29, 1.82) is 0 Å². The summed E-state index contributed by atoms with van der Waals surface area (Å²) in [4.78, 5) is 21.0. The second kappa shape index (κ2) is 9.78. The van der Waals surface area contributed by atoms with E-state index in [1.165, 1.54) is 16.9 Å². The molecule has 0 fully saturated rings. The highest BCUT2D eigenvalue weighted by atomic mass is 32.1. The maximum Gasteiger partial charge on any atom is 0.263 e. The monoisotopic (exact) mass is 359 g/mol. The second-order valence-electron chi connectivity index (χ2n) is 5.71. The van der Waals surface area contributed by atoms with Crippen LogP contribution >= 0.6 is 11.3 Å². The number of hydrogen-bond acceptors (Lipinski definition) is 4. The van der Waals surface area contributed by atoms with E-state index in [2.05, 4.69) is 45.0 Å². The Morgan fingerprint density at radius 3 is 2.56 bits per heavy atom. The molecule has 2 rings (SSSR count). The first-order chi connectivity index (χ1) is 12.1. The lowest BCUT2D eigenvalue weighted by Crippen LogP contribution is -2.42. The molecule has 1 atom stereocenters. The van der Waals surface area contributed by atoms with Gasteiger partial charge in [0, 0.05) is 26.7 Å². The lowest BCUT2D eigenvalue weighted by molar-refractivity contribution is 0.0957. The molecule has 1 aromatic carbocycles. The van der Waals surface area contributed by atoms with E-state index in [9.17, 15) is 4.79 Å². The topological polar surface area (TPSA) is 78.4 Å². The second-order valence-corrected chi connectivity index (χ2v) is 6.57. The van der Waals surface area contributed by atoms with Crippen LogP contribution in [0, 0.1) is 6.92 Å². The fraction of sp³-hybridized carbons (Fsp3) is 0.389. The minimum atomic E-state index is -0.0811. The summed E-state index contributed by atoms with van der Waals surface area (Å²) in [7, 11) is 1.74. The number of rotatable bonds is 7. The van der Waals surface area contributed by atoms with Crippen molar-refractivity contribution in [2.75, 3.05) is 26.7 Å². The van der Waals surface area contributed by atoms with E-state index in [-0.39, 0.29) is 5.91 Å². The molecule has 0 aliphatic carbocycles. The Hall–Kier alpha value is -2.41. The van der Waals surface area contributed by atoms with Crippen molar-refractivity contribution in [3.05, 3.63) is 52.0 Å². The lowest BCUT2D eigenvalue weighted by Gasteiger charge is -2.16. The molecule has 0 aliphatic heterocycles. The Balaban J connectivity index is 1.68. The number of nitrogens with one attached hydrogen (secondary N) is 3. The van der Waals surface area contributed by atoms with Crippen LogP contribution < -0.4 is 16.0 Å². The fourth-order valence-corrected chi connectivity index (χ4v) is 3.05. The molecule has 25 heavy (non-hydrogen) atoms. The largest absolute Gasteiger partial charge is 0.356 e. The number of amides is 1. The normalized spacial score (nSPS) is 12.5. The predicted molar refractivity (Wildman–Crippen MR) is 103 cm³/mol. The summed E-state index contributed by atoms with van der Waals surface area (Å²) in [5.74, 6) is 1.03. The summed E-state index contributed by atoms with van der Waals surface area (Å²) in [5.41, 5.74) is 3.74. The van der Waals surface area contributed by atoms with Crippen molar-refractivity contribution in [3.63, 3.8) is 0 Å². The van der Waals surface area contributed by atoms with E-state index in [0.717, 1.165) is 18.2 Å². The zero-order valence-electron chi connectivity index (χ0n) is 14.9. The molecule has 1 aromatic heterocycles. The highest BCUT2D eigenvalue weighted by molar-refractivity contribution is 7.11. The van der Waals surface area contributed by atoms with E-state index in [0.29, 0.717) is 23.9 Å². The molecule has 1 amide bonds. The number of carbonyl (C=O) groups is 1. The van der Waals surface area contributed by atoms with Gasteiger partial charge in [-0.05, 0) is 18.4 Å². The van der Waals surface area contributed by atoms with Gasteiger partial charge < -0.3 is 16.0 Å². The van der Waals surface area contributed by atoms with Crippen molar-refractivity contribution in [1.82, 2.24) is 20.9 Å². The van der Waals surface area contributed by atoms with Gasteiger partial charge >= 0.3 is 0 Å². The number of guanidine groups is 1. The standard InChI is InChI=1S/C18H25N5OS/c1-13(15-7-5-4-6-8-15)11-22-18(19-3)21-10-9-20-17(24)16-14(2)23-12-25-16/h4-8,12-13H,9-11H2,1-3H3,(H,20,24)(H2,19,21,22). The molecule has 1 heterocycles. The van der Waals surface area contributed by atoms with Gasteiger partial charge in [-0.2, -0.15) is 0 Å². The van der Waals surface area contributed by atoms with Gasteiger partial charge in [0.25, 0.3) is 5.91 Å². The smallest absolute Gasteiger partial charge is 0.263 e. The minimum Gasteiger partial charge on any atom is -0.356 e. The number of aromatic nitrogens is 1. The molecule has 3 N–H and O–H groups in total. The predicted octanol–water partition coefficient (Wildman–Crippen LogP) is 2.15. The minimum absolute atomic E-state index is 0.0811. The highest BCUT2D eigenvalue weighted by Crippen LogP contribution is 2.13. The summed E-state index contributed by atoms with van der Waals surface area (Å²) in [6, 6.07) is 10.4. The van der Waals surface area contributed by atoms with Crippen LogP contribution in [0.15, 0.2) is 40.8 Å². The van der Waals surface area contributed by atoms with Crippen molar-refractivity contribution < 1.29 is 4.79 Å². The van der Waals surface area contributed by atoms with Gasteiger partial charge in [0.1, 0.15) is 4.88 Å². The van der Waals surface area contributed by atoms with Crippen LogP contribution in [0.1, 0.15) is 33.8 Å². The van der Waals surface area contributed by atoms with Gasteiger partial charge in [-0.3, -0.25) is 9.79 Å². The molecule has 6 nitrogen and oxygen atoms in total. The molecule has 2 aromatic rings. The Morgan fingerprint density at radius 2 is 1.92 bits per heavy atom. The Bertz CT molecular complexity index is 699. The molecular formula is C18H25N5OS. The average Bonchev–Trinajstić information content (AvgIpc) is 3.07. The van der Waals surface area contributed by atoms with Crippen molar-refractivity contribution in [3.8, 4) is 0 Å². The molecule has 0 saturated carbocycles. The summed E-state index contributed by atoms with van der Waals surface area (Å²) < 4.78 is 0. The zero-order chi connectivity index (χ0) is 18.1. The van der Waals surface area contributed by atoms with Crippen LogP contribution in [-0.4, -0.2) is 43.5 Å². The third-order valence-electron chi connectivity index (χ3n) is 3.82. The van der Waals surface area contributed by atoms with Gasteiger partial charge in [-0.1, -0.05) is 37.3 Å². The third-order valence-corrected chi connectivity index (χ3v) is 4.75. The first-order valence-corrected chi connectivity index (χ1v) is 9.17. The molecule has 0 saturated heterocycles. The van der Waals surface area contributed by atoms with Crippen molar-refractivity contribution in [2.45, 2.75) is 19.8 Å². The molecule has 0 spiro atoms. The summed E-state index contributed by atoms with van der Waals surface area (Å²) in [5, 5.41) is 9.40. The SMILES string of the molecule is CN=C(NCCNC(=O)c1scnc1C)NCC(C)c1ccccc1. The quantitative estimate of drug-likeness (QED) is 0.402. The average molecular weight is 359 g/mol. The number of benzene rings is 1. The number of nitrogens with zero attached hydrogens (tertiary/aromatic N) is 2. The van der Waals surface area contributed by atoms with Gasteiger partial charge in [-0.15, -0.1) is 11.3 Å². The molecule has 0 aliphatic rings. The number of aryl methyl sites for hydroxylation is 1. The van der Waals surface area contributed by atoms with E-state index >= 15 is 0 Å². The maximum atomic E-state index is 12.0. The van der Waals surface area contributed by atoms with Gasteiger partial charge in [0.05, 0.1) is 11.2 Å². The highest BCUT2D eigenvalue weighted by Gasteiger charge is 2.11. The number of hydrogen-bond donors (Lipinski definition) is 3. The first kappa shape index (κ1) is 18.9. The van der Waals surface area contributed by atoms with E-state index in [1.54, 1.807) is 12.6 Å². The van der Waals surface area contributed by atoms with Crippen LogP contribution in [0.2, 0.25) is 0 Å². The lowest BCUT2D eigenvalue weighted by atomic mass is 10.0. The third kappa shape index (κ3) is 5.86. The summed E-state index contributed by atoms with van der Waals surface area (Å²) in [6.45, 7) is 5.92. The van der Waals surface area contributed by atoms with Crippen molar-refractivity contribution >= 4 is 23.2 Å². The molecule has 0 bridgehead atoms. The number of carbonyl (C=O) groups excluding carboxylic acids is 1. The maximum absolute atomic E-state index is 12.0. The van der Waals surface area contributed by atoms with Gasteiger partial charge in [-0.25, -0.2) is 4.98 Å². The van der Waals surface area contributed by atoms with Crippen molar-refractivity contribution in [2.24, 2.45) is 4.99 Å². The van der Waals surface area contributed by atoms with Crippen LogP contribution in [0.4, 0.5) is 0 Å².